The molecule has 0 radical (unpaired) electrons. The van der Waals surface area contributed by atoms with Crippen molar-refractivity contribution in [2.45, 2.75) is 31.9 Å². The summed E-state index contributed by atoms with van der Waals surface area (Å²) in [7, 11) is 0. The molecule has 1 fully saturated rings. The zero-order valence-electron chi connectivity index (χ0n) is 10.1. The van der Waals surface area contributed by atoms with Crippen LogP contribution in [0.15, 0.2) is 12.3 Å². The fourth-order valence-corrected chi connectivity index (χ4v) is 2.61. The molecule has 0 unspecified atom stereocenters. The molecule has 1 saturated carbocycles. The average molecular weight is 267 g/mol. The van der Waals surface area contributed by atoms with Gasteiger partial charge >= 0.3 is 0 Å². The number of ether oxygens (including phenoxy) is 1. The van der Waals surface area contributed by atoms with Crippen molar-refractivity contribution in [3.63, 3.8) is 0 Å². The lowest BCUT2D eigenvalue weighted by Crippen LogP contribution is -2.34. The summed E-state index contributed by atoms with van der Waals surface area (Å²) in [5, 5.41) is 0.577. The summed E-state index contributed by atoms with van der Waals surface area (Å²) in [6.45, 7) is 2.77. The lowest BCUT2D eigenvalue weighted by molar-refractivity contribution is -0.0183. The molecular formula is C12H15ClN4O. The first-order chi connectivity index (χ1) is 8.69. The van der Waals surface area contributed by atoms with Crippen molar-refractivity contribution in [1.29, 1.82) is 0 Å². The van der Waals surface area contributed by atoms with Gasteiger partial charge in [-0.2, -0.15) is 0 Å². The van der Waals surface area contributed by atoms with Gasteiger partial charge in [-0.3, -0.25) is 4.57 Å². The van der Waals surface area contributed by atoms with Gasteiger partial charge in [0.25, 0.3) is 0 Å². The van der Waals surface area contributed by atoms with Crippen molar-refractivity contribution in [1.82, 2.24) is 14.5 Å². The molecule has 5 nitrogen and oxygen atoms in total. The number of nitrogens with zero attached hydrogens (tertiary/aromatic N) is 3. The maximum absolute atomic E-state index is 5.96. The second-order valence-corrected chi connectivity index (χ2v) is 4.98. The molecule has 2 N–H and O–H groups in total. The van der Waals surface area contributed by atoms with Crippen LogP contribution in [0.4, 0.5) is 5.95 Å². The van der Waals surface area contributed by atoms with E-state index >= 15 is 0 Å². The molecule has 96 valence electrons. The molecule has 2 aromatic heterocycles. The number of halogens is 1. The van der Waals surface area contributed by atoms with Crippen LogP contribution in [0.2, 0.25) is 5.02 Å². The Morgan fingerprint density at radius 3 is 3.06 bits per heavy atom. The fourth-order valence-electron chi connectivity index (χ4n) is 2.46. The van der Waals surface area contributed by atoms with Gasteiger partial charge in [0, 0.05) is 18.8 Å². The molecule has 18 heavy (non-hydrogen) atoms. The van der Waals surface area contributed by atoms with Gasteiger partial charge in [0.15, 0.2) is 5.65 Å². The minimum atomic E-state index is 0.334. The van der Waals surface area contributed by atoms with Gasteiger partial charge in [0.1, 0.15) is 5.52 Å². The Kier molecular flexibility index (Phi) is 2.87. The standard InChI is InChI=1S/C12H15ClN4O/c1-2-18-9-4-8(5-9)17-11-10(16-12(17)14)3-7(13)6-15-11/h3,6,8-9H,2,4-5H2,1H3,(H2,14,16). The topological polar surface area (TPSA) is 66.0 Å². The quantitative estimate of drug-likeness (QED) is 0.926. The second-order valence-electron chi connectivity index (χ2n) is 4.54. The van der Waals surface area contributed by atoms with Crippen LogP contribution in [-0.2, 0) is 4.74 Å². The molecular weight excluding hydrogens is 252 g/mol. The summed E-state index contributed by atoms with van der Waals surface area (Å²) >= 11 is 5.90. The number of anilines is 1. The molecule has 0 atom stereocenters. The van der Waals surface area contributed by atoms with Gasteiger partial charge in [0.2, 0.25) is 5.95 Å². The summed E-state index contributed by atoms with van der Waals surface area (Å²) in [5.41, 5.74) is 7.51. The van der Waals surface area contributed by atoms with Crippen LogP contribution < -0.4 is 5.73 Å². The zero-order valence-corrected chi connectivity index (χ0v) is 10.9. The first kappa shape index (κ1) is 11.7. The number of pyridine rings is 1. The van der Waals surface area contributed by atoms with Crippen LogP contribution in [0.1, 0.15) is 25.8 Å². The SMILES string of the molecule is CCOC1CC(n2c(N)nc3cc(Cl)cnc32)C1. The minimum Gasteiger partial charge on any atom is -0.378 e. The fraction of sp³-hybridized carbons (Fsp3) is 0.500. The summed E-state index contributed by atoms with van der Waals surface area (Å²) < 4.78 is 7.55. The molecule has 2 heterocycles. The van der Waals surface area contributed by atoms with E-state index in [9.17, 15) is 0 Å². The number of hydrogen-bond acceptors (Lipinski definition) is 4. The van der Waals surface area contributed by atoms with E-state index in [1.165, 1.54) is 0 Å². The van der Waals surface area contributed by atoms with Crippen molar-refractivity contribution in [3.8, 4) is 0 Å². The van der Waals surface area contributed by atoms with Crippen molar-refractivity contribution in [2.24, 2.45) is 0 Å². The summed E-state index contributed by atoms with van der Waals surface area (Å²) in [6, 6.07) is 2.12. The Balaban J connectivity index is 1.91. The van der Waals surface area contributed by atoms with Crippen LogP contribution in [-0.4, -0.2) is 27.2 Å². The third-order valence-corrected chi connectivity index (χ3v) is 3.57. The second kappa shape index (κ2) is 4.40. The normalized spacial score (nSPS) is 23.2. The Morgan fingerprint density at radius 2 is 2.33 bits per heavy atom. The Morgan fingerprint density at radius 1 is 1.56 bits per heavy atom. The molecule has 3 rings (SSSR count). The maximum Gasteiger partial charge on any atom is 0.202 e. The Bertz CT molecular complexity index is 577. The predicted molar refractivity (Wildman–Crippen MR) is 70.6 cm³/mol. The minimum absolute atomic E-state index is 0.334. The molecule has 0 bridgehead atoms. The zero-order chi connectivity index (χ0) is 12.7. The summed E-state index contributed by atoms with van der Waals surface area (Å²) in [4.78, 5) is 8.62. The molecule has 0 spiro atoms. The molecule has 0 aliphatic heterocycles. The van der Waals surface area contributed by atoms with Gasteiger partial charge in [-0.15, -0.1) is 0 Å². The van der Waals surface area contributed by atoms with E-state index < -0.39 is 0 Å². The van der Waals surface area contributed by atoms with Gasteiger partial charge in [-0.25, -0.2) is 9.97 Å². The van der Waals surface area contributed by atoms with Gasteiger partial charge < -0.3 is 10.5 Å². The predicted octanol–water partition coefficient (Wildman–Crippen LogP) is 2.41. The van der Waals surface area contributed by atoms with E-state index in [1.807, 2.05) is 11.5 Å². The highest BCUT2D eigenvalue weighted by Crippen LogP contribution is 2.38. The van der Waals surface area contributed by atoms with Crippen LogP contribution in [0.25, 0.3) is 11.2 Å². The smallest absolute Gasteiger partial charge is 0.202 e. The van der Waals surface area contributed by atoms with Gasteiger partial charge in [-0.1, -0.05) is 11.6 Å². The summed E-state index contributed by atoms with van der Waals surface area (Å²) in [5.74, 6) is 0.500. The van der Waals surface area contributed by atoms with E-state index in [2.05, 4.69) is 9.97 Å². The average Bonchev–Trinajstić information content (AvgIpc) is 2.58. The van der Waals surface area contributed by atoms with Crippen molar-refractivity contribution in [2.75, 3.05) is 12.3 Å². The Labute approximate surface area is 110 Å². The largest absolute Gasteiger partial charge is 0.378 e. The number of nitrogens with two attached hydrogens (primary N) is 1. The number of aromatic nitrogens is 3. The first-order valence-electron chi connectivity index (χ1n) is 6.09. The van der Waals surface area contributed by atoms with Crippen molar-refractivity contribution in [3.05, 3.63) is 17.3 Å². The van der Waals surface area contributed by atoms with Crippen molar-refractivity contribution >= 4 is 28.7 Å². The van der Waals surface area contributed by atoms with E-state index in [4.69, 9.17) is 22.1 Å². The van der Waals surface area contributed by atoms with Crippen LogP contribution in [0.5, 0.6) is 0 Å². The lowest BCUT2D eigenvalue weighted by Gasteiger charge is -2.36. The van der Waals surface area contributed by atoms with Crippen LogP contribution >= 0.6 is 11.6 Å². The van der Waals surface area contributed by atoms with Crippen molar-refractivity contribution < 1.29 is 4.74 Å². The summed E-state index contributed by atoms with van der Waals surface area (Å²) in [6.07, 6.45) is 3.89. The monoisotopic (exact) mass is 266 g/mol. The Hall–Kier alpha value is -1.33. The molecule has 1 aliphatic carbocycles. The molecule has 0 amide bonds. The molecule has 2 aromatic rings. The maximum atomic E-state index is 5.96. The third kappa shape index (κ3) is 1.83. The highest BCUT2D eigenvalue weighted by atomic mass is 35.5. The van der Waals surface area contributed by atoms with Gasteiger partial charge in [0.05, 0.1) is 11.1 Å². The highest BCUT2D eigenvalue weighted by molar-refractivity contribution is 6.31. The van der Waals surface area contributed by atoms with E-state index in [1.54, 1.807) is 12.3 Å². The molecule has 1 aliphatic rings. The van der Waals surface area contributed by atoms with Crippen LogP contribution in [0, 0.1) is 0 Å². The van der Waals surface area contributed by atoms with Crippen LogP contribution in [0.3, 0.4) is 0 Å². The number of nitrogen functional groups attached to an aromatic ring is 1. The molecule has 0 saturated heterocycles. The highest BCUT2D eigenvalue weighted by Gasteiger charge is 2.33. The number of hydrogen-bond donors (Lipinski definition) is 1. The van der Waals surface area contributed by atoms with E-state index in [0.29, 0.717) is 23.1 Å². The molecule has 6 heteroatoms. The lowest BCUT2D eigenvalue weighted by atomic mass is 9.89. The first-order valence-corrected chi connectivity index (χ1v) is 6.47. The molecule has 0 aromatic carbocycles. The number of imidazole rings is 1. The van der Waals surface area contributed by atoms with Gasteiger partial charge in [-0.05, 0) is 25.8 Å². The third-order valence-electron chi connectivity index (χ3n) is 3.36. The van der Waals surface area contributed by atoms with E-state index in [0.717, 1.165) is 30.6 Å². The van der Waals surface area contributed by atoms with E-state index in [-0.39, 0.29) is 0 Å². The number of fused-ring (bicyclic) bond motifs is 1. The number of rotatable bonds is 3.